The van der Waals surface area contributed by atoms with E-state index >= 15 is 0 Å². The van der Waals surface area contributed by atoms with E-state index in [0.29, 0.717) is 5.57 Å². The Morgan fingerprint density at radius 3 is 2.29 bits per heavy atom. The molecule has 0 unspecified atom stereocenters. The standard InChI is InChI=1S/C16H19NO3S/c1-11(2)16-13(4)17(10-9-15(16)18)21(19,20)14-7-5-12(3)6-8-14/h5-8H,4,9-10H2,1-3H3. The lowest BCUT2D eigenvalue weighted by molar-refractivity contribution is -0.116. The van der Waals surface area contributed by atoms with Crippen LogP contribution in [0.5, 0.6) is 0 Å². The minimum absolute atomic E-state index is 0.0460. The van der Waals surface area contributed by atoms with Crippen LogP contribution >= 0.6 is 0 Å². The van der Waals surface area contributed by atoms with Crippen LogP contribution in [0.3, 0.4) is 0 Å². The predicted molar refractivity (Wildman–Crippen MR) is 82.2 cm³/mol. The Labute approximate surface area is 125 Å². The van der Waals surface area contributed by atoms with Crippen LogP contribution in [0, 0.1) is 6.92 Å². The van der Waals surface area contributed by atoms with E-state index in [1.807, 2.05) is 6.92 Å². The number of hydrogen-bond acceptors (Lipinski definition) is 3. The molecule has 0 N–H and O–H groups in total. The van der Waals surface area contributed by atoms with E-state index in [4.69, 9.17) is 0 Å². The molecule has 112 valence electrons. The van der Waals surface area contributed by atoms with Crippen molar-refractivity contribution in [3.63, 3.8) is 0 Å². The average molecular weight is 305 g/mol. The third-order valence-corrected chi connectivity index (χ3v) is 5.37. The minimum atomic E-state index is -3.67. The van der Waals surface area contributed by atoms with E-state index < -0.39 is 10.0 Å². The predicted octanol–water partition coefficient (Wildman–Crippen LogP) is 2.81. The summed E-state index contributed by atoms with van der Waals surface area (Å²) in [6, 6.07) is 6.67. The molecule has 1 saturated heterocycles. The van der Waals surface area contributed by atoms with Gasteiger partial charge in [0, 0.05) is 18.5 Å². The van der Waals surface area contributed by atoms with Crippen LogP contribution in [-0.2, 0) is 14.8 Å². The molecule has 4 nitrogen and oxygen atoms in total. The molecule has 0 aromatic heterocycles. The number of piperidine rings is 1. The van der Waals surface area contributed by atoms with Crippen LogP contribution in [0.15, 0.2) is 52.6 Å². The third-order valence-electron chi connectivity index (χ3n) is 3.52. The normalized spacial score (nSPS) is 16.3. The van der Waals surface area contributed by atoms with Crippen LogP contribution in [0.2, 0.25) is 0 Å². The van der Waals surface area contributed by atoms with E-state index in [9.17, 15) is 13.2 Å². The highest BCUT2D eigenvalue weighted by molar-refractivity contribution is 7.89. The van der Waals surface area contributed by atoms with Crippen molar-refractivity contribution in [1.82, 2.24) is 4.31 Å². The van der Waals surface area contributed by atoms with Gasteiger partial charge in [-0.05, 0) is 32.9 Å². The lowest BCUT2D eigenvalue weighted by Crippen LogP contribution is -2.38. The number of carbonyl (C=O) groups is 1. The molecule has 0 aliphatic carbocycles. The van der Waals surface area contributed by atoms with E-state index in [2.05, 4.69) is 6.58 Å². The maximum absolute atomic E-state index is 12.7. The molecular formula is C16H19NO3S. The minimum Gasteiger partial charge on any atom is -0.294 e. The lowest BCUT2D eigenvalue weighted by Gasteiger charge is -2.31. The molecule has 0 atom stereocenters. The topological polar surface area (TPSA) is 54.5 Å². The van der Waals surface area contributed by atoms with Gasteiger partial charge in [-0.15, -0.1) is 0 Å². The number of allylic oxidation sites excluding steroid dienone is 2. The smallest absolute Gasteiger partial charge is 0.264 e. The molecule has 21 heavy (non-hydrogen) atoms. The number of aryl methyl sites for hydroxylation is 1. The van der Waals surface area contributed by atoms with E-state index in [1.165, 1.54) is 4.31 Å². The van der Waals surface area contributed by atoms with Crippen LogP contribution in [-0.4, -0.2) is 25.1 Å². The second-order valence-electron chi connectivity index (χ2n) is 5.39. The molecule has 5 heteroatoms. The zero-order valence-electron chi connectivity index (χ0n) is 12.5. The second-order valence-corrected chi connectivity index (χ2v) is 7.25. The van der Waals surface area contributed by atoms with Gasteiger partial charge in [0.25, 0.3) is 10.0 Å². The van der Waals surface area contributed by atoms with Crippen LogP contribution in [0.4, 0.5) is 0 Å². The molecular weight excluding hydrogens is 286 g/mol. The molecule has 0 saturated carbocycles. The van der Waals surface area contributed by atoms with Gasteiger partial charge in [-0.25, -0.2) is 8.42 Å². The van der Waals surface area contributed by atoms with Crippen molar-refractivity contribution in [2.45, 2.75) is 32.1 Å². The number of nitrogens with zero attached hydrogens (tertiary/aromatic N) is 1. The monoisotopic (exact) mass is 305 g/mol. The van der Waals surface area contributed by atoms with Gasteiger partial charge in [-0.1, -0.05) is 29.8 Å². The van der Waals surface area contributed by atoms with E-state index in [1.54, 1.807) is 38.1 Å². The number of carbonyl (C=O) groups excluding carboxylic acids is 1. The molecule has 0 radical (unpaired) electrons. The maximum atomic E-state index is 12.7. The fraction of sp³-hybridized carbons (Fsp3) is 0.312. The first-order chi connectivity index (χ1) is 9.75. The van der Waals surface area contributed by atoms with Gasteiger partial charge in [0.15, 0.2) is 5.78 Å². The summed E-state index contributed by atoms with van der Waals surface area (Å²) in [5.74, 6) is -0.0460. The van der Waals surface area contributed by atoms with Crippen molar-refractivity contribution < 1.29 is 13.2 Å². The molecule has 1 aliphatic rings. The summed E-state index contributed by atoms with van der Waals surface area (Å²) in [7, 11) is -3.67. The summed E-state index contributed by atoms with van der Waals surface area (Å²) >= 11 is 0. The highest BCUT2D eigenvalue weighted by atomic mass is 32.2. The fourth-order valence-corrected chi connectivity index (χ4v) is 3.87. The molecule has 2 rings (SSSR count). The molecule has 1 aromatic rings. The summed E-state index contributed by atoms with van der Waals surface area (Å²) in [5.41, 5.74) is 2.48. The number of rotatable bonds is 2. The van der Waals surface area contributed by atoms with E-state index in [0.717, 1.165) is 11.1 Å². The first-order valence-electron chi connectivity index (χ1n) is 6.74. The zero-order valence-corrected chi connectivity index (χ0v) is 13.3. The molecule has 0 bridgehead atoms. The van der Waals surface area contributed by atoms with Gasteiger partial charge in [-0.2, -0.15) is 0 Å². The molecule has 1 aliphatic heterocycles. The Kier molecular flexibility index (Phi) is 4.05. The van der Waals surface area contributed by atoms with Gasteiger partial charge < -0.3 is 0 Å². The van der Waals surface area contributed by atoms with Crippen molar-refractivity contribution in [3.8, 4) is 0 Å². The zero-order chi connectivity index (χ0) is 15.8. The maximum Gasteiger partial charge on any atom is 0.264 e. The quantitative estimate of drug-likeness (QED) is 0.790. The summed E-state index contributed by atoms with van der Waals surface area (Å²) in [6.45, 7) is 9.45. The van der Waals surface area contributed by atoms with Crippen molar-refractivity contribution in [3.05, 3.63) is 53.3 Å². The number of hydrogen-bond donors (Lipinski definition) is 0. The largest absolute Gasteiger partial charge is 0.294 e. The number of Topliss-reactive ketones (excluding diaryl/α,β-unsaturated/α-hetero) is 1. The third kappa shape index (κ3) is 2.78. The van der Waals surface area contributed by atoms with Gasteiger partial charge in [-0.3, -0.25) is 9.10 Å². The Balaban J connectivity index is 2.46. The Hall–Kier alpha value is -1.88. The lowest BCUT2D eigenvalue weighted by atomic mass is 9.98. The summed E-state index contributed by atoms with van der Waals surface area (Å²) < 4.78 is 26.7. The molecule has 1 fully saturated rings. The molecule has 1 aromatic carbocycles. The van der Waals surface area contributed by atoms with E-state index in [-0.39, 0.29) is 29.3 Å². The second kappa shape index (κ2) is 5.48. The van der Waals surface area contributed by atoms with Crippen molar-refractivity contribution >= 4 is 15.8 Å². The Morgan fingerprint density at radius 1 is 1.19 bits per heavy atom. The summed E-state index contributed by atoms with van der Waals surface area (Å²) in [4.78, 5) is 12.2. The SMILES string of the molecule is C=C1C(=C(C)C)C(=O)CCN1S(=O)(=O)c1ccc(C)cc1. The van der Waals surface area contributed by atoms with Crippen LogP contribution in [0.1, 0.15) is 25.8 Å². The van der Waals surface area contributed by atoms with Crippen molar-refractivity contribution in [2.75, 3.05) is 6.54 Å². The summed E-state index contributed by atoms with van der Waals surface area (Å²) in [5, 5.41) is 0. The highest BCUT2D eigenvalue weighted by Crippen LogP contribution is 2.30. The molecule has 1 heterocycles. The Bertz CT molecular complexity index is 723. The van der Waals surface area contributed by atoms with Crippen molar-refractivity contribution in [2.24, 2.45) is 0 Å². The van der Waals surface area contributed by atoms with Gasteiger partial charge in [0.05, 0.1) is 10.6 Å². The average Bonchev–Trinajstić information content (AvgIpc) is 2.38. The highest BCUT2D eigenvalue weighted by Gasteiger charge is 2.33. The van der Waals surface area contributed by atoms with Crippen LogP contribution in [0.25, 0.3) is 0 Å². The fourth-order valence-electron chi connectivity index (χ4n) is 2.42. The van der Waals surface area contributed by atoms with Gasteiger partial charge in [0.2, 0.25) is 0 Å². The first-order valence-corrected chi connectivity index (χ1v) is 8.18. The number of benzene rings is 1. The Morgan fingerprint density at radius 2 is 1.76 bits per heavy atom. The van der Waals surface area contributed by atoms with Gasteiger partial charge >= 0.3 is 0 Å². The summed E-state index contributed by atoms with van der Waals surface area (Å²) in [6.07, 6.45) is 0.185. The molecule has 0 spiro atoms. The number of ketones is 1. The first kappa shape index (κ1) is 15.5. The van der Waals surface area contributed by atoms with Crippen LogP contribution < -0.4 is 0 Å². The number of sulfonamides is 1. The molecule has 0 amide bonds. The van der Waals surface area contributed by atoms with Gasteiger partial charge in [0.1, 0.15) is 0 Å². The van der Waals surface area contributed by atoms with Crippen molar-refractivity contribution in [1.29, 1.82) is 0 Å².